The largest absolute Gasteiger partial charge is 0.358 e. The third-order valence-electron chi connectivity index (χ3n) is 5.71. The Balaban J connectivity index is 1.42. The van der Waals surface area contributed by atoms with Gasteiger partial charge >= 0.3 is 0 Å². The number of pyridine rings is 1. The zero-order chi connectivity index (χ0) is 19.6. The van der Waals surface area contributed by atoms with Gasteiger partial charge in [0.1, 0.15) is 5.69 Å². The van der Waals surface area contributed by atoms with Crippen molar-refractivity contribution in [3.8, 4) is 11.3 Å². The maximum Gasteiger partial charge on any atom is 0.247 e. The average Bonchev–Trinajstić information content (AvgIpc) is 3.31. The molecule has 1 N–H and O–H groups in total. The van der Waals surface area contributed by atoms with E-state index in [1.54, 1.807) is 18.6 Å². The van der Waals surface area contributed by atoms with Crippen LogP contribution in [0.4, 0.5) is 11.6 Å². The molecular weight excluding hydrogens is 366 g/mol. The van der Waals surface area contributed by atoms with Crippen molar-refractivity contribution in [1.29, 1.82) is 0 Å². The first-order valence-electron chi connectivity index (χ1n) is 10.2. The molecule has 0 spiro atoms. The fourth-order valence-electron chi connectivity index (χ4n) is 4.14. The van der Waals surface area contributed by atoms with E-state index in [1.165, 1.54) is 32.1 Å². The van der Waals surface area contributed by atoms with Gasteiger partial charge in [-0.05, 0) is 30.9 Å². The summed E-state index contributed by atoms with van der Waals surface area (Å²) in [4.78, 5) is 36.7. The van der Waals surface area contributed by atoms with Crippen LogP contribution >= 0.6 is 0 Å². The number of nitrogens with one attached hydrogen (secondary N) is 1. The Hall–Kier alpha value is -3.16. The molecule has 4 heterocycles. The molecule has 8 nitrogen and oxygen atoms in total. The Morgan fingerprint density at radius 3 is 2.72 bits per heavy atom. The minimum Gasteiger partial charge on any atom is -0.358 e. The number of amidine groups is 1. The second-order valence-corrected chi connectivity index (χ2v) is 7.70. The number of aliphatic imine (C=N–C) groups is 2. The predicted molar refractivity (Wildman–Crippen MR) is 113 cm³/mol. The lowest BCUT2D eigenvalue weighted by Gasteiger charge is -2.33. The summed E-state index contributed by atoms with van der Waals surface area (Å²) in [7, 11) is 0. The van der Waals surface area contributed by atoms with Gasteiger partial charge in [0.05, 0.1) is 25.0 Å². The quantitative estimate of drug-likeness (QED) is 0.867. The van der Waals surface area contributed by atoms with Crippen LogP contribution in [-0.4, -0.2) is 52.5 Å². The molecule has 0 bridgehead atoms. The normalized spacial score (nSPS) is 19.1. The molecule has 2 aliphatic heterocycles. The molecule has 2 aromatic heterocycles. The molecule has 1 aliphatic carbocycles. The number of anilines is 2. The fraction of sp³-hybridized carbons (Fsp3) is 0.429. The number of carbonyl (C=O) groups excluding carboxylic acids is 1. The maximum atomic E-state index is 12.6. The summed E-state index contributed by atoms with van der Waals surface area (Å²) in [5.74, 6) is 2.54. The van der Waals surface area contributed by atoms with Crippen molar-refractivity contribution in [2.45, 2.75) is 32.1 Å². The van der Waals surface area contributed by atoms with Crippen LogP contribution in [0.3, 0.4) is 0 Å². The van der Waals surface area contributed by atoms with Crippen LogP contribution < -0.4 is 10.2 Å². The Kier molecular flexibility index (Phi) is 4.75. The molecule has 1 amide bonds. The fourth-order valence-corrected chi connectivity index (χ4v) is 4.14. The summed E-state index contributed by atoms with van der Waals surface area (Å²) in [5.41, 5.74) is 2.29. The third kappa shape index (κ3) is 3.62. The second-order valence-electron chi connectivity index (χ2n) is 7.70. The predicted octanol–water partition coefficient (Wildman–Crippen LogP) is 2.71. The van der Waals surface area contributed by atoms with E-state index in [9.17, 15) is 4.79 Å². The van der Waals surface area contributed by atoms with Gasteiger partial charge in [0.25, 0.3) is 0 Å². The van der Waals surface area contributed by atoms with Crippen molar-refractivity contribution < 1.29 is 4.79 Å². The number of amides is 1. The molecule has 1 fully saturated rings. The summed E-state index contributed by atoms with van der Waals surface area (Å²) in [6.07, 6.45) is 11.4. The first kappa shape index (κ1) is 17.9. The van der Waals surface area contributed by atoms with Gasteiger partial charge in [-0.15, -0.1) is 0 Å². The molecule has 148 valence electrons. The average molecular weight is 389 g/mol. The van der Waals surface area contributed by atoms with Crippen LogP contribution in [0.1, 0.15) is 37.8 Å². The molecule has 3 aliphatic rings. The van der Waals surface area contributed by atoms with Gasteiger partial charge < -0.3 is 5.32 Å². The lowest BCUT2D eigenvalue weighted by atomic mass is 9.89. The highest BCUT2D eigenvalue weighted by Crippen LogP contribution is 2.32. The van der Waals surface area contributed by atoms with Crippen molar-refractivity contribution in [2.75, 3.05) is 29.9 Å². The minimum atomic E-state index is 0.0557. The molecule has 8 heteroatoms. The van der Waals surface area contributed by atoms with Crippen molar-refractivity contribution in [3.05, 3.63) is 30.2 Å². The van der Waals surface area contributed by atoms with Gasteiger partial charge in [-0.1, -0.05) is 19.3 Å². The molecule has 5 rings (SSSR count). The highest BCUT2D eigenvalue weighted by molar-refractivity contribution is 6.05. The molecule has 0 atom stereocenters. The molecule has 0 radical (unpaired) electrons. The number of nitrogens with zero attached hydrogens (tertiary/aromatic N) is 6. The monoisotopic (exact) mass is 389 g/mol. The summed E-state index contributed by atoms with van der Waals surface area (Å²) in [6, 6.07) is 3.83. The van der Waals surface area contributed by atoms with E-state index in [1.807, 2.05) is 17.0 Å². The third-order valence-corrected chi connectivity index (χ3v) is 5.71. The maximum absolute atomic E-state index is 12.6. The molecule has 1 saturated carbocycles. The summed E-state index contributed by atoms with van der Waals surface area (Å²) in [5, 5.41) is 3.09. The van der Waals surface area contributed by atoms with Crippen LogP contribution in [-0.2, 0) is 4.79 Å². The smallest absolute Gasteiger partial charge is 0.247 e. The van der Waals surface area contributed by atoms with Gasteiger partial charge in [0.15, 0.2) is 17.5 Å². The van der Waals surface area contributed by atoms with Crippen molar-refractivity contribution in [1.82, 2.24) is 15.0 Å². The van der Waals surface area contributed by atoms with Crippen LogP contribution in [0.15, 0.2) is 34.5 Å². The zero-order valence-electron chi connectivity index (χ0n) is 16.2. The molecule has 0 aromatic carbocycles. The number of rotatable bonds is 4. The highest BCUT2D eigenvalue weighted by Gasteiger charge is 2.29. The first-order chi connectivity index (χ1) is 14.3. The van der Waals surface area contributed by atoms with E-state index in [0.717, 1.165) is 17.8 Å². The van der Waals surface area contributed by atoms with E-state index >= 15 is 0 Å². The number of carbonyl (C=O) groups is 1. The number of aromatic nitrogens is 3. The van der Waals surface area contributed by atoms with Gasteiger partial charge in [-0.25, -0.2) is 15.0 Å². The zero-order valence-corrected chi connectivity index (χ0v) is 16.2. The van der Waals surface area contributed by atoms with E-state index in [2.05, 4.69) is 25.3 Å². The van der Waals surface area contributed by atoms with Crippen LogP contribution in [0, 0.1) is 5.92 Å². The van der Waals surface area contributed by atoms with Gasteiger partial charge in [0.2, 0.25) is 5.91 Å². The summed E-state index contributed by atoms with van der Waals surface area (Å²) in [6.45, 7) is 1.60. The van der Waals surface area contributed by atoms with Gasteiger partial charge in [0, 0.05) is 24.5 Å². The van der Waals surface area contributed by atoms with Crippen molar-refractivity contribution in [2.24, 2.45) is 15.9 Å². The Bertz CT molecular complexity index is 977. The Morgan fingerprint density at radius 2 is 1.97 bits per heavy atom. The molecule has 29 heavy (non-hydrogen) atoms. The Labute approximate surface area is 169 Å². The van der Waals surface area contributed by atoms with E-state index in [4.69, 9.17) is 4.98 Å². The second kappa shape index (κ2) is 7.69. The first-order valence-corrected chi connectivity index (χ1v) is 10.2. The number of hydrogen-bond acceptors (Lipinski definition) is 7. The van der Waals surface area contributed by atoms with E-state index < -0.39 is 0 Å². The van der Waals surface area contributed by atoms with Gasteiger partial charge in [-0.2, -0.15) is 0 Å². The SMILES string of the molecule is O=C1CNc2ncc(-c3ccc(C4=NCC=N4)nc3)nc2N1CC1CCCCC1. The number of fused-ring (bicyclic) bond motifs is 1. The molecule has 0 saturated heterocycles. The lowest BCUT2D eigenvalue weighted by Crippen LogP contribution is -2.43. The van der Waals surface area contributed by atoms with E-state index in [-0.39, 0.29) is 12.5 Å². The highest BCUT2D eigenvalue weighted by atomic mass is 16.2. The summed E-state index contributed by atoms with van der Waals surface area (Å²) >= 11 is 0. The van der Waals surface area contributed by atoms with Crippen LogP contribution in [0.2, 0.25) is 0 Å². The Morgan fingerprint density at radius 1 is 1.07 bits per heavy atom. The van der Waals surface area contributed by atoms with E-state index in [0.29, 0.717) is 35.6 Å². The van der Waals surface area contributed by atoms with Crippen molar-refractivity contribution in [3.63, 3.8) is 0 Å². The van der Waals surface area contributed by atoms with Crippen molar-refractivity contribution >= 4 is 29.6 Å². The van der Waals surface area contributed by atoms with Crippen LogP contribution in [0.5, 0.6) is 0 Å². The minimum absolute atomic E-state index is 0.0557. The molecular formula is C21H23N7O. The molecule has 0 unspecified atom stereocenters. The summed E-state index contributed by atoms with van der Waals surface area (Å²) < 4.78 is 0. The van der Waals surface area contributed by atoms with Gasteiger partial charge in [-0.3, -0.25) is 19.7 Å². The van der Waals surface area contributed by atoms with Crippen LogP contribution in [0.25, 0.3) is 11.3 Å². The standard InChI is InChI=1S/C21H23N7O/c29-18-12-26-20-21(28(18)13-14-4-2-1-3-5-14)27-17(11-25-20)15-6-7-16(24-10-15)19-22-8-9-23-19/h6-8,10-11,14H,1-5,9,12-13H2,(H,25,26). The molecule has 2 aromatic rings. The number of hydrogen-bond donors (Lipinski definition) is 1. The lowest BCUT2D eigenvalue weighted by molar-refractivity contribution is -0.117. The topological polar surface area (TPSA) is 95.7 Å².